The van der Waals surface area contributed by atoms with E-state index in [0.29, 0.717) is 12.8 Å². The molecule has 2 aromatic rings. The number of hydrogen-bond donors (Lipinski definition) is 3. The standard InChI is InChI=1S/C20H19F3N2O4/c21-20(22,23)17-4-2-1-3-16(17)18(28)24-13-5-7-25(8-6-13)19(29)12-9-14(26)11-15(27)10-12/h1-4,9-11,13,26-27H,5-8H2,(H,24,28). The fourth-order valence-electron chi connectivity index (χ4n) is 3.32. The van der Waals surface area contributed by atoms with Gasteiger partial charge in [0.15, 0.2) is 0 Å². The van der Waals surface area contributed by atoms with E-state index in [1.165, 1.54) is 29.2 Å². The quantitative estimate of drug-likeness (QED) is 0.728. The maximum absolute atomic E-state index is 13.1. The summed E-state index contributed by atoms with van der Waals surface area (Å²) in [7, 11) is 0. The molecule has 9 heteroatoms. The zero-order valence-corrected chi connectivity index (χ0v) is 15.2. The van der Waals surface area contributed by atoms with Crippen LogP contribution in [0.25, 0.3) is 0 Å². The molecule has 3 rings (SSSR count). The van der Waals surface area contributed by atoms with Crippen LogP contribution in [-0.2, 0) is 6.18 Å². The monoisotopic (exact) mass is 408 g/mol. The highest BCUT2D eigenvalue weighted by atomic mass is 19.4. The average molecular weight is 408 g/mol. The smallest absolute Gasteiger partial charge is 0.417 e. The molecule has 0 bridgehead atoms. The average Bonchev–Trinajstić information content (AvgIpc) is 2.66. The predicted octanol–water partition coefficient (Wildman–Crippen LogP) is 3.15. The molecular formula is C20H19F3N2O4. The maximum Gasteiger partial charge on any atom is 0.417 e. The van der Waals surface area contributed by atoms with Gasteiger partial charge < -0.3 is 20.4 Å². The lowest BCUT2D eigenvalue weighted by Gasteiger charge is -2.32. The summed E-state index contributed by atoms with van der Waals surface area (Å²) in [5, 5.41) is 21.6. The summed E-state index contributed by atoms with van der Waals surface area (Å²) in [5.74, 6) is -1.67. The van der Waals surface area contributed by atoms with Crippen LogP contribution in [0.3, 0.4) is 0 Å². The van der Waals surface area contributed by atoms with E-state index in [0.717, 1.165) is 18.2 Å². The van der Waals surface area contributed by atoms with Gasteiger partial charge in [-0.1, -0.05) is 12.1 Å². The van der Waals surface area contributed by atoms with Crippen molar-refractivity contribution in [1.82, 2.24) is 10.2 Å². The summed E-state index contributed by atoms with van der Waals surface area (Å²) in [6.45, 7) is 0.558. The number of phenolic OH excluding ortho intramolecular Hbond substituents is 2. The Hall–Kier alpha value is -3.23. The normalized spacial score (nSPS) is 15.2. The topological polar surface area (TPSA) is 89.9 Å². The molecule has 1 aliphatic rings. The van der Waals surface area contributed by atoms with Crippen LogP contribution >= 0.6 is 0 Å². The lowest BCUT2D eigenvalue weighted by Crippen LogP contribution is -2.46. The van der Waals surface area contributed by atoms with E-state index in [1.54, 1.807) is 0 Å². The van der Waals surface area contributed by atoms with Gasteiger partial charge in [0, 0.05) is 30.8 Å². The van der Waals surface area contributed by atoms with Gasteiger partial charge in [0.2, 0.25) is 0 Å². The molecule has 0 atom stereocenters. The Balaban J connectivity index is 1.62. The van der Waals surface area contributed by atoms with Crippen molar-refractivity contribution >= 4 is 11.8 Å². The minimum absolute atomic E-state index is 0.129. The van der Waals surface area contributed by atoms with Gasteiger partial charge in [-0.15, -0.1) is 0 Å². The molecule has 1 heterocycles. The van der Waals surface area contributed by atoms with Gasteiger partial charge in [0.05, 0.1) is 11.1 Å². The molecule has 0 saturated carbocycles. The number of benzene rings is 2. The van der Waals surface area contributed by atoms with E-state index in [9.17, 15) is 33.0 Å². The summed E-state index contributed by atoms with van der Waals surface area (Å²) in [6, 6.07) is 7.81. The summed E-state index contributed by atoms with van der Waals surface area (Å²) in [5.41, 5.74) is -1.30. The Kier molecular flexibility index (Phi) is 5.67. The number of nitrogens with zero attached hydrogens (tertiary/aromatic N) is 1. The molecule has 2 amide bonds. The first-order valence-corrected chi connectivity index (χ1v) is 8.94. The first kappa shape index (κ1) is 20.5. The number of amides is 2. The molecule has 0 radical (unpaired) electrons. The van der Waals surface area contributed by atoms with Crippen LogP contribution in [0.1, 0.15) is 39.1 Å². The maximum atomic E-state index is 13.1. The van der Waals surface area contributed by atoms with Crippen molar-refractivity contribution in [3.63, 3.8) is 0 Å². The lowest BCUT2D eigenvalue weighted by molar-refractivity contribution is -0.137. The Morgan fingerprint density at radius 1 is 1.00 bits per heavy atom. The van der Waals surface area contributed by atoms with Crippen LogP contribution in [-0.4, -0.2) is 46.1 Å². The molecule has 2 aromatic carbocycles. The minimum atomic E-state index is -4.63. The second-order valence-corrected chi connectivity index (χ2v) is 6.82. The van der Waals surface area contributed by atoms with Crippen LogP contribution in [0.4, 0.5) is 13.2 Å². The highest BCUT2D eigenvalue weighted by molar-refractivity contribution is 5.96. The molecule has 0 aliphatic carbocycles. The zero-order valence-electron chi connectivity index (χ0n) is 15.2. The third kappa shape index (κ3) is 4.79. The van der Waals surface area contributed by atoms with Crippen LogP contribution in [0, 0.1) is 0 Å². The van der Waals surface area contributed by atoms with E-state index in [2.05, 4.69) is 5.32 Å². The number of carbonyl (C=O) groups excluding carboxylic acids is 2. The third-order valence-corrected chi connectivity index (χ3v) is 4.74. The van der Waals surface area contributed by atoms with E-state index in [-0.39, 0.29) is 42.1 Å². The number of nitrogens with one attached hydrogen (secondary N) is 1. The summed E-state index contributed by atoms with van der Waals surface area (Å²) < 4.78 is 39.3. The number of piperidine rings is 1. The van der Waals surface area contributed by atoms with Gasteiger partial charge in [0.1, 0.15) is 11.5 Å². The van der Waals surface area contributed by atoms with Crippen molar-refractivity contribution in [1.29, 1.82) is 0 Å². The fourth-order valence-corrected chi connectivity index (χ4v) is 3.32. The molecule has 1 saturated heterocycles. The van der Waals surface area contributed by atoms with Crippen LogP contribution in [0.5, 0.6) is 11.5 Å². The summed E-state index contributed by atoms with van der Waals surface area (Å²) in [4.78, 5) is 26.3. The van der Waals surface area contributed by atoms with E-state index >= 15 is 0 Å². The second kappa shape index (κ2) is 8.02. The number of alkyl halides is 3. The fraction of sp³-hybridized carbons (Fsp3) is 0.300. The third-order valence-electron chi connectivity index (χ3n) is 4.74. The molecule has 1 aliphatic heterocycles. The molecule has 0 unspecified atom stereocenters. The minimum Gasteiger partial charge on any atom is -0.508 e. The molecule has 29 heavy (non-hydrogen) atoms. The van der Waals surface area contributed by atoms with E-state index in [1.807, 2.05) is 0 Å². The molecular weight excluding hydrogens is 389 g/mol. The predicted molar refractivity (Wildman–Crippen MR) is 97.6 cm³/mol. The zero-order chi connectivity index (χ0) is 21.2. The van der Waals surface area contributed by atoms with Crippen LogP contribution < -0.4 is 5.32 Å². The van der Waals surface area contributed by atoms with Crippen molar-refractivity contribution in [3.8, 4) is 11.5 Å². The van der Waals surface area contributed by atoms with Gasteiger partial charge in [0.25, 0.3) is 11.8 Å². The van der Waals surface area contributed by atoms with Gasteiger partial charge >= 0.3 is 6.18 Å². The van der Waals surface area contributed by atoms with Gasteiger partial charge in [-0.3, -0.25) is 9.59 Å². The highest BCUT2D eigenvalue weighted by Crippen LogP contribution is 2.32. The molecule has 1 fully saturated rings. The first-order chi connectivity index (χ1) is 13.6. The van der Waals surface area contributed by atoms with Crippen molar-refractivity contribution in [2.45, 2.75) is 25.1 Å². The first-order valence-electron chi connectivity index (χ1n) is 8.94. The van der Waals surface area contributed by atoms with Crippen LogP contribution in [0.15, 0.2) is 42.5 Å². The highest BCUT2D eigenvalue weighted by Gasteiger charge is 2.35. The Labute approximate surface area is 164 Å². The van der Waals surface area contributed by atoms with Gasteiger partial charge in [-0.2, -0.15) is 13.2 Å². The Morgan fingerprint density at radius 2 is 1.59 bits per heavy atom. The number of hydrogen-bond acceptors (Lipinski definition) is 4. The second-order valence-electron chi connectivity index (χ2n) is 6.82. The number of aromatic hydroxyl groups is 2. The van der Waals surface area contributed by atoms with Crippen molar-refractivity contribution in [2.24, 2.45) is 0 Å². The van der Waals surface area contributed by atoms with E-state index < -0.39 is 23.2 Å². The Bertz CT molecular complexity index is 902. The Morgan fingerprint density at radius 3 is 2.17 bits per heavy atom. The SMILES string of the molecule is O=C(NC1CCN(C(=O)c2cc(O)cc(O)c2)CC1)c1ccccc1C(F)(F)F. The molecule has 154 valence electrons. The number of rotatable bonds is 3. The largest absolute Gasteiger partial charge is 0.508 e. The van der Waals surface area contributed by atoms with Crippen molar-refractivity contribution < 1.29 is 33.0 Å². The number of phenols is 2. The summed E-state index contributed by atoms with van der Waals surface area (Å²) >= 11 is 0. The number of halogens is 3. The van der Waals surface area contributed by atoms with Gasteiger partial charge in [-0.05, 0) is 37.1 Å². The van der Waals surface area contributed by atoms with Crippen molar-refractivity contribution in [3.05, 3.63) is 59.2 Å². The van der Waals surface area contributed by atoms with Crippen LogP contribution in [0.2, 0.25) is 0 Å². The molecule has 6 nitrogen and oxygen atoms in total. The number of carbonyl (C=O) groups is 2. The summed E-state index contributed by atoms with van der Waals surface area (Å²) in [6.07, 6.45) is -3.89. The van der Waals surface area contributed by atoms with Crippen molar-refractivity contribution in [2.75, 3.05) is 13.1 Å². The van der Waals surface area contributed by atoms with E-state index in [4.69, 9.17) is 0 Å². The number of likely N-dealkylation sites (tertiary alicyclic amines) is 1. The lowest BCUT2D eigenvalue weighted by atomic mass is 10.0. The molecule has 3 N–H and O–H groups in total. The van der Waals surface area contributed by atoms with Gasteiger partial charge in [-0.25, -0.2) is 0 Å². The molecule has 0 aromatic heterocycles. The molecule has 0 spiro atoms.